The van der Waals surface area contributed by atoms with Gasteiger partial charge in [-0.05, 0) is 6.92 Å². The fraction of sp³-hybridized carbons (Fsp3) is 0.625. The van der Waals surface area contributed by atoms with Gasteiger partial charge in [0, 0.05) is 20.2 Å². The Morgan fingerprint density at radius 2 is 2.50 bits per heavy atom. The van der Waals surface area contributed by atoms with Crippen LogP contribution in [0.1, 0.15) is 17.5 Å². The lowest BCUT2D eigenvalue weighted by atomic mass is 10.5. The van der Waals surface area contributed by atoms with Crippen LogP contribution in [0, 0.1) is 0 Å². The maximum atomic E-state index is 11.5. The van der Waals surface area contributed by atoms with Crippen molar-refractivity contribution in [2.45, 2.75) is 6.92 Å². The van der Waals surface area contributed by atoms with Crippen molar-refractivity contribution in [1.29, 1.82) is 0 Å². The minimum Gasteiger partial charge on any atom is -0.380 e. The van der Waals surface area contributed by atoms with E-state index in [4.69, 9.17) is 4.74 Å². The number of likely N-dealkylation sites (N-methyl/N-ethyl adjacent to an activating group) is 1. The number of nitrogens with zero attached hydrogens (tertiary/aromatic N) is 3. The number of ether oxygens (including phenoxy) is 1. The zero-order valence-corrected chi connectivity index (χ0v) is 8.36. The zero-order valence-electron chi connectivity index (χ0n) is 8.36. The van der Waals surface area contributed by atoms with Gasteiger partial charge in [0.15, 0.2) is 0 Å². The van der Waals surface area contributed by atoms with Crippen LogP contribution >= 0.6 is 0 Å². The van der Waals surface area contributed by atoms with Crippen LogP contribution < -0.4 is 0 Å². The van der Waals surface area contributed by atoms with Crippen LogP contribution in [0.25, 0.3) is 0 Å². The lowest BCUT2D eigenvalue weighted by molar-refractivity contribution is 0.0699. The first-order chi connectivity index (χ1) is 6.75. The van der Waals surface area contributed by atoms with Gasteiger partial charge in [-0.15, -0.1) is 0 Å². The molecule has 0 radical (unpaired) electrons. The van der Waals surface area contributed by atoms with E-state index in [1.807, 2.05) is 6.92 Å². The van der Waals surface area contributed by atoms with E-state index in [2.05, 4.69) is 15.2 Å². The van der Waals surface area contributed by atoms with Gasteiger partial charge in [0.2, 0.25) is 5.82 Å². The summed E-state index contributed by atoms with van der Waals surface area (Å²) in [7, 11) is 1.70. The van der Waals surface area contributed by atoms with Gasteiger partial charge in [0.1, 0.15) is 6.33 Å². The molecule has 0 aliphatic heterocycles. The molecule has 0 saturated carbocycles. The molecule has 0 aliphatic carbocycles. The molecule has 1 heterocycles. The van der Waals surface area contributed by atoms with Crippen molar-refractivity contribution in [2.75, 3.05) is 26.8 Å². The molecule has 0 unspecified atom stereocenters. The smallest absolute Gasteiger partial charge is 0.290 e. The number of amides is 1. The van der Waals surface area contributed by atoms with Crippen LogP contribution in [0.2, 0.25) is 0 Å². The van der Waals surface area contributed by atoms with Gasteiger partial charge in [-0.3, -0.25) is 9.89 Å². The molecule has 1 aromatic rings. The van der Waals surface area contributed by atoms with E-state index in [1.165, 1.54) is 11.2 Å². The summed E-state index contributed by atoms with van der Waals surface area (Å²) in [6.07, 6.45) is 1.31. The molecule has 1 N–H and O–H groups in total. The van der Waals surface area contributed by atoms with Crippen LogP contribution in [0.15, 0.2) is 6.33 Å². The highest BCUT2D eigenvalue weighted by Crippen LogP contribution is 1.94. The Morgan fingerprint density at radius 3 is 3.07 bits per heavy atom. The molecule has 0 bridgehead atoms. The average Bonchev–Trinajstić information content (AvgIpc) is 2.69. The highest BCUT2D eigenvalue weighted by atomic mass is 16.5. The molecule has 1 amide bonds. The van der Waals surface area contributed by atoms with Crippen LogP contribution in [0.4, 0.5) is 0 Å². The highest BCUT2D eigenvalue weighted by molar-refractivity contribution is 5.90. The molecule has 0 aromatic carbocycles. The van der Waals surface area contributed by atoms with Crippen LogP contribution in [0.5, 0.6) is 0 Å². The van der Waals surface area contributed by atoms with Crippen LogP contribution in [-0.2, 0) is 4.74 Å². The predicted molar refractivity (Wildman–Crippen MR) is 49.8 cm³/mol. The Bertz CT molecular complexity index is 273. The third-order valence-corrected chi connectivity index (χ3v) is 1.74. The Morgan fingerprint density at radius 1 is 1.71 bits per heavy atom. The summed E-state index contributed by atoms with van der Waals surface area (Å²) >= 11 is 0. The van der Waals surface area contributed by atoms with Crippen molar-refractivity contribution in [3.05, 3.63) is 12.2 Å². The van der Waals surface area contributed by atoms with Crippen molar-refractivity contribution in [2.24, 2.45) is 0 Å². The SMILES string of the molecule is CCOCCN(C)C(=O)c1ncn[nH]1. The third kappa shape index (κ3) is 2.81. The zero-order chi connectivity index (χ0) is 10.4. The number of aromatic amines is 1. The first kappa shape index (κ1) is 10.6. The number of hydrogen-bond donors (Lipinski definition) is 1. The summed E-state index contributed by atoms with van der Waals surface area (Å²) < 4.78 is 5.13. The summed E-state index contributed by atoms with van der Waals surface area (Å²) in [5.74, 6) is 0.0752. The Balaban J connectivity index is 2.37. The molecule has 78 valence electrons. The number of hydrogen-bond acceptors (Lipinski definition) is 4. The number of carbonyl (C=O) groups excluding carboxylic acids is 1. The fourth-order valence-electron chi connectivity index (χ4n) is 0.937. The maximum absolute atomic E-state index is 11.5. The Kier molecular flexibility index (Phi) is 4.06. The molecule has 6 nitrogen and oxygen atoms in total. The van der Waals surface area contributed by atoms with Gasteiger partial charge >= 0.3 is 0 Å². The maximum Gasteiger partial charge on any atom is 0.290 e. The summed E-state index contributed by atoms with van der Waals surface area (Å²) in [6, 6.07) is 0. The highest BCUT2D eigenvalue weighted by Gasteiger charge is 2.13. The molecule has 0 fully saturated rings. The summed E-state index contributed by atoms with van der Waals surface area (Å²) in [6.45, 7) is 3.66. The predicted octanol–water partition coefficient (Wildman–Crippen LogP) is -0.0868. The van der Waals surface area contributed by atoms with E-state index in [1.54, 1.807) is 7.05 Å². The molecule has 0 atom stereocenters. The Hall–Kier alpha value is -1.43. The molecular formula is C8H14N4O2. The standard InChI is InChI=1S/C8H14N4O2/c1-3-14-5-4-12(2)8(13)7-9-6-10-11-7/h6H,3-5H2,1-2H3,(H,9,10,11). The lowest BCUT2D eigenvalue weighted by Crippen LogP contribution is -2.31. The summed E-state index contributed by atoms with van der Waals surface area (Å²) in [5.41, 5.74) is 0. The minimum absolute atomic E-state index is 0.179. The molecule has 14 heavy (non-hydrogen) atoms. The second-order valence-corrected chi connectivity index (χ2v) is 2.76. The number of carbonyl (C=O) groups is 1. The molecule has 1 rings (SSSR count). The van der Waals surface area contributed by atoms with Crippen LogP contribution in [-0.4, -0.2) is 52.8 Å². The summed E-state index contributed by atoms with van der Waals surface area (Å²) in [5, 5.41) is 6.12. The van der Waals surface area contributed by atoms with E-state index in [0.29, 0.717) is 19.8 Å². The van der Waals surface area contributed by atoms with Gasteiger partial charge in [-0.25, -0.2) is 4.98 Å². The lowest BCUT2D eigenvalue weighted by Gasteiger charge is -2.14. The van der Waals surface area contributed by atoms with Crippen molar-refractivity contribution >= 4 is 5.91 Å². The third-order valence-electron chi connectivity index (χ3n) is 1.74. The molecule has 0 spiro atoms. The van der Waals surface area contributed by atoms with Crippen molar-refractivity contribution in [3.8, 4) is 0 Å². The first-order valence-electron chi connectivity index (χ1n) is 4.44. The van der Waals surface area contributed by atoms with E-state index in [-0.39, 0.29) is 11.7 Å². The first-order valence-corrected chi connectivity index (χ1v) is 4.44. The quantitative estimate of drug-likeness (QED) is 0.671. The normalized spacial score (nSPS) is 10.1. The number of aromatic nitrogens is 3. The summed E-state index contributed by atoms with van der Waals surface area (Å²) in [4.78, 5) is 16.8. The van der Waals surface area contributed by atoms with Crippen LogP contribution in [0.3, 0.4) is 0 Å². The number of H-pyrrole nitrogens is 1. The van der Waals surface area contributed by atoms with E-state index in [0.717, 1.165) is 0 Å². The van der Waals surface area contributed by atoms with E-state index in [9.17, 15) is 4.79 Å². The minimum atomic E-state index is -0.179. The Labute approximate surface area is 82.3 Å². The van der Waals surface area contributed by atoms with E-state index >= 15 is 0 Å². The van der Waals surface area contributed by atoms with Gasteiger partial charge in [0.25, 0.3) is 5.91 Å². The largest absolute Gasteiger partial charge is 0.380 e. The van der Waals surface area contributed by atoms with Crippen molar-refractivity contribution in [1.82, 2.24) is 20.1 Å². The second-order valence-electron chi connectivity index (χ2n) is 2.76. The molecule has 0 aliphatic rings. The van der Waals surface area contributed by atoms with Gasteiger partial charge < -0.3 is 9.64 Å². The molecule has 1 aromatic heterocycles. The van der Waals surface area contributed by atoms with Crippen molar-refractivity contribution < 1.29 is 9.53 Å². The number of nitrogens with one attached hydrogen (secondary N) is 1. The van der Waals surface area contributed by atoms with Gasteiger partial charge in [0.05, 0.1) is 6.61 Å². The monoisotopic (exact) mass is 198 g/mol. The molecular weight excluding hydrogens is 184 g/mol. The van der Waals surface area contributed by atoms with Gasteiger partial charge in [-0.1, -0.05) is 0 Å². The van der Waals surface area contributed by atoms with Crippen molar-refractivity contribution in [3.63, 3.8) is 0 Å². The molecule has 0 saturated heterocycles. The number of rotatable bonds is 5. The van der Waals surface area contributed by atoms with E-state index < -0.39 is 0 Å². The second kappa shape index (κ2) is 5.33. The van der Waals surface area contributed by atoms with Gasteiger partial charge in [-0.2, -0.15) is 5.10 Å². The molecule has 6 heteroatoms. The average molecular weight is 198 g/mol. The topological polar surface area (TPSA) is 71.1 Å². The fourth-order valence-corrected chi connectivity index (χ4v) is 0.937.